The van der Waals surface area contributed by atoms with Gasteiger partial charge in [-0.1, -0.05) is 250 Å². The second-order valence-electron chi connectivity index (χ2n) is 19.6. The van der Waals surface area contributed by atoms with Crippen molar-refractivity contribution in [1.82, 2.24) is 0 Å². The van der Waals surface area contributed by atoms with E-state index in [1.54, 1.807) is 0 Å². The molecule has 0 heterocycles. The van der Waals surface area contributed by atoms with Crippen LogP contribution in [-0.4, -0.2) is 37.2 Å². The average molecular weight is 928 g/mol. The minimum Gasteiger partial charge on any atom is -0.462 e. The summed E-state index contributed by atoms with van der Waals surface area (Å²) >= 11 is 0. The molecule has 0 aromatic carbocycles. The van der Waals surface area contributed by atoms with Gasteiger partial charge in [-0.05, 0) is 77.0 Å². The predicted molar refractivity (Wildman–Crippen MR) is 284 cm³/mol. The van der Waals surface area contributed by atoms with E-state index in [1.165, 1.54) is 193 Å². The van der Waals surface area contributed by atoms with Crippen LogP contribution in [-0.2, 0) is 28.6 Å². The molecule has 0 amide bonds. The molecule has 0 aliphatic heterocycles. The first-order chi connectivity index (χ1) is 32.5. The quantitative estimate of drug-likeness (QED) is 0.0262. The molecule has 0 rings (SSSR count). The predicted octanol–water partition coefficient (Wildman–Crippen LogP) is 19.3. The summed E-state index contributed by atoms with van der Waals surface area (Å²) in [6.45, 7) is 6.63. The zero-order valence-corrected chi connectivity index (χ0v) is 44.2. The fraction of sp³-hybridized carbons (Fsp3) is 0.850. The third-order valence-electron chi connectivity index (χ3n) is 12.9. The molecule has 0 fully saturated rings. The maximum atomic E-state index is 12.9. The SMILES string of the molecule is CCCCC/C=C\C/C=C\CCCCCCCCCC(=O)OCC(COC(=O)CCCCCCC/C=C\CCCCCCC)OC(=O)CCCCCCCCCCCCCCCCCCC. The van der Waals surface area contributed by atoms with Gasteiger partial charge in [0.15, 0.2) is 6.10 Å². The highest BCUT2D eigenvalue weighted by Crippen LogP contribution is 2.16. The number of ether oxygens (including phenoxy) is 3. The van der Waals surface area contributed by atoms with Crippen molar-refractivity contribution in [2.45, 2.75) is 316 Å². The fourth-order valence-electron chi connectivity index (χ4n) is 8.47. The van der Waals surface area contributed by atoms with Crippen molar-refractivity contribution in [2.24, 2.45) is 0 Å². The van der Waals surface area contributed by atoms with Crippen LogP contribution in [0.2, 0.25) is 0 Å². The van der Waals surface area contributed by atoms with Gasteiger partial charge >= 0.3 is 17.9 Å². The monoisotopic (exact) mass is 927 g/mol. The molecule has 0 N–H and O–H groups in total. The lowest BCUT2D eigenvalue weighted by atomic mass is 10.0. The number of unbranched alkanes of at least 4 members (excludes halogenated alkanes) is 36. The Morgan fingerprint density at radius 1 is 0.303 bits per heavy atom. The lowest BCUT2D eigenvalue weighted by molar-refractivity contribution is -0.167. The summed E-state index contributed by atoms with van der Waals surface area (Å²) in [7, 11) is 0. The van der Waals surface area contributed by atoms with Crippen LogP contribution in [0.1, 0.15) is 310 Å². The van der Waals surface area contributed by atoms with Crippen LogP contribution in [0.4, 0.5) is 0 Å². The molecule has 0 radical (unpaired) electrons. The number of hydrogen-bond acceptors (Lipinski definition) is 6. The van der Waals surface area contributed by atoms with E-state index >= 15 is 0 Å². The van der Waals surface area contributed by atoms with E-state index in [0.29, 0.717) is 19.3 Å². The molecule has 0 saturated carbocycles. The Balaban J connectivity index is 4.36. The highest BCUT2D eigenvalue weighted by atomic mass is 16.6. The van der Waals surface area contributed by atoms with Gasteiger partial charge in [0.25, 0.3) is 0 Å². The molecule has 66 heavy (non-hydrogen) atoms. The number of hydrogen-bond donors (Lipinski definition) is 0. The molecular formula is C60H110O6. The van der Waals surface area contributed by atoms with E-state index < -0.39 is 6.10 Å². The summed E-state index contributed by atoms with van der Waals surface area (Å²) in [6.07, 6.45) is 65.6. The van der Waals surface area contributed by atoms with Gasteiger partial charge < -0.3 is 14.2 Å². The van der Waals surface area contributed by atoms with Crippen molar-refractivity contribution in [3.63, 3.8) is 0 Å². The highest BCUT2D eigenvalue weighted by Gasteiger charge is 2.19. The molecule has 0 aliphatic carbocycles. The van der Waals surface area contributed by atoms with Gasteiger partial charge in [-0.15, -0.1) is 0 Å². The molecule has 1 unspecified atom stereocenters. The summed E-state index contributed by atoms with van der Waals surface area (Å²) in [5.41, 5.74) is 0. The van der Waals surface area contributed by atoms with E-state index in [2.05, 4.69) is 57.2 Å². The molecular weight excluding hydrogens is 817 g/mol. The molecule has 0 bridgehead atoms. The second-order valence-corrected chi connectivity index (χ2v) is 19.6. The largest absolute Gasteiger partial charge is 0.462 e. The smallest absolute Gasteiger partial charge is 0.306 e. The van der Waals surface area contributed by atoms with Gasteiger partial charge in [-0.3, -0.25) is 14.4 Å². The molecule has 0 aliphatic rings. The molecule has 0 saturated heterocycles. The Labute approximate surface area is 410 Å². The van der Waals surface area contributed by atoms with Crippen LogP contribution in [0.3, 0.4) is 0 Å². The zero-order valence-electron chi connectivity index (χ0n) is 44.2. The number of allylic oxidation sites excluding steroid dienone is 6. The lowest BCUT2D eigenvalue weighted by Crippen LogP contribution is -2.30. The van der Waals surface area contributed by atoms with Crippen molar-refractivity contribution in [3.8, 4) is 0 Å². The number of rotatable bonds is 53. The summed E-state index contributed by atoms with van der Waals surface area (Å²) < 4.78 is 16.9. The molecule has 0 aromatic rings. The first kappa shape index (κ1) is 63.6. The number of carbonyl (C=O) groups excluding carboxylic acids is 3. The van der Waals surface area contributed by atoms with Gasteiger partial charge in [0.05, 0.1) is 0 Å². The molecule has 0 aromatic heterocycles. The Kier molecular flexibility index (Phi) is 53.2. The first-order valence-electron chi connectivity index (χ1n) is 29.0. The Hall–Kier alpha value is -2.37. The maximum absolute atomic E-state index is 12.9. The van der Waals surface area contributed by atoms with E-state index in [-0.39, 0.29) is 31.1 Å². The van der Waals surface area contributed by atoms with Crippen LogP contribution in [0.25, 0.3) is 0 Å². The van der Waals surface area contributed by atoms with Gasteiger partial charge in [0, 0.05) is 19.3 Å². The third-order valence-corrected chi connectivity index (χ3v) is 12.9. The van der Waals surface area contributed by atoms with Crippen molar-refractivity contribution >= 4 is 17.9 Å². The van der Waals surface area contributed by atoms with Crippen LogP contribution >= 0.6 is 0 Å². The average Bonchev–Trinajstić information content (AvgIpc) is 3.31. The standard InChI is InChI=1S/C60H110O6/c1-4-7-10-13-16-19-22-25-28-30-32-35-38-41-44-47-50-53-59(62)65-56-57(55-64-58(61)52-49-46-43-40-37-34-27-24-21-18-15-12-9-6-3)66-60(63)54-51-48-45-42-39-36-33-31-29-26-23-20-17-14-11-8-5-2/h16,19,24-25,27-28,57H,4-15,17-18,20-23,26,29-56H2,1-3H3/b19-16-,27-24-,28-25-. The Morgan fingerprint density at radius 3 is 0.879 bits per heavy atom. The highest BCUT2D eigenvalue weighted by molar-refractivity contribution is 5.71. The van der Waals surface area contributed by atoms with Gasteiger partial charge in [0.2, 0.25) is 0 Å². The summed E-state index contributed by atoms with van der Waals surface area (Å²) in [5, 5.41) is 0. The molecule has 6 nitrogen and oxygen atoms in total. The van der Waals surface area contributed by atoms with Crippen molar-refractivity contribution in [1.29, 1.82) is 0 Å². The van der Waals surface area contributed by atoms with E-state index in [4.69, 9.17) is 14.2 Å². The Bertz CT molecular complexity index is 1110. The second kappa shape index (κ2) is 55.2. The summed E-state index contributed by atoms with van der Waals surface area (Å²) in [5.74, 6) is -0.873. The van der Waals surface area contributed by atoms with E-state index in [1.807, 2.05) is 0 Å². The van der Waals surface area contributed by atoms with Gasteiger partial charge in [-0.25, -0.2) is 0 Å². The van der Waals surface area contributed by atoms with Gasteiger partial charge in [0.1, 0.15) is 13.2 Å². The van der Waals surface area contributed by atoms with E-state index in [9.17, 15) is 14.4 Å². The van der Waals surface area contributed by atoms with E-state index in [0.717, 1.165) is 77.0 Å². The minimum atomic E-state index is -0.776. The van der Waals surface area contributed by atoms with Gasteiger partial charge in [-0.2, -0.15) is 0 Å². The summed E-state index contributed by atoms with van der Waals surface area (Å²) in [6, 6.07) is 0. The molecule has 6 heteroatoms. The molecule has 1 atom stereocenters. The zero-order chi connectivity index (χ0) is 47.9. The summed E-state index contributed by atoms with van der Waals surface area (Å²) in [4.78, 5) is 38.1. The topological polar surface area (TPSA) is 78.9 Å². The maximum Gasteiger partial charge on any atom is 0.306 e. The normalized spacial score (nSPS) is 12.2. The van der Waals surface area contributed by atoms with Crippen LogP contribution in [0.15, 0.2) is 36.5 Å². The molecule has 0 spiro atoms. The minimum absolute atomic E-state index is 0.0755. The number of carbonyl (C=O) groups is 3. The Morgan fingerprint density at radius 2 is 0.545 bits per heavy atom. The third kappa shape index (κ3) is 52.6. The first-order valence-corrected chi connectivity index (χ1v) is 29.0. The fourth-order valence-corrected chi connectivity index (χ4v) is 8.47. The van der Waals surface area contributed by atoms with Crippen molar-refractivity contribution in [3.05, 3.63) is 36.5 Å². The lowest BCUT2D eigenvalue weighted by Gasteiger charge is -2.18. The van der Waals surface area contributed by atoms with Crippen LogP contribution in [0.5, 0.6) is 0 Å². The number of esters is 3. The van der Waals surface area contributed by atoms with Crippen molar-refractivity contribution in [2.75, 3.05) is 13.2 Å². The molecule has 386 valence electrons. The van der Waals surface area contributed by atoms with Crippen molar-refractivity contribution < 1.29 is 28.6 Å². The van der Waals surface area contributed by atoms with Crippen LogP contribution in [0, 0.1) is 0 Å². The van der Waals surface area contributed by atoms with Crippen LogP contribution < -0.4 is 0 Å².